The number of hydrogen-bond donors (Lipinski definition) is 1. The molecule has 0 aliphatic heterocycles. The molecule has 1 aliphatic carbocycles. The molecule has 1 N–H and O–H groups in total. The molecule has 1 aromatic carbocycles. The summed E-state index contributed by atoms with van der Waals surface area (Å²) in [7, 11) is 0. The molecule has 0 spiro atoms. The van der Waals surface area contributed by atoms with Crippen molar-refractivity contribution in [3.8, 4) is 0 Å². The molecule has 0 bridgehead atoms. The summed E-state index contributed by atoms with van der Waals surface area (Å²) >= 11 is 0. The summed E-state index contributed by atoms with van der Waals surface area (Å²) in [4.78, 5) is 14.0. The van der Waals surface area contributed by atoms with Crippen LogP contribution in [-0.2, 0) is 6.54 Å². The highest BCUT2D eigenvalue weighted by molar-refractivity contribution is 5.89. The number of nitrogens with one attached hydrogen (secondary N) is 1. The lowest BCUT2D eigenvalue weighted by molar-refractivity contribution is 0.201. The Balaban J connectivity index is 1.67. The quantitative estimate of drug-likeness (QED) is 0.925. The van der Waals surface area contributed by atoms with Crippen molar-refractivity contribution in [2.75, 3.05) is 5.32 Å². The number of amides is 2. The van der Waals surface area contributed by atoms with Crippen molar-refractivity contribution in [3.05, 3.63) is 54.2 Å². The molecular weight excluding hydrogens is 259 g/mol. The fourth-order valence-electron chi connectivity index (χ4n) is 2.05. The lowest BCUT2D eigenvalue weighted by Crippen LogP contribution is -2.36. The fourth-order valence-corrected chi connectivity index (χ4v) is 2.05. The van der Waals surface area contributed by atoms with Gasteiger partial charge in [0.05, 0.1) is 12.8 Å². The molecule has 0 radical (unpaired) electrons. The molecule has 3 rings (SSSR count). The van der Waals surface area contributed by atoms with E-state index >= 15 is 0 Å². The Kier molecular flexibility index (Phi) is 3.41. The molecular formula is C15H15FN2O2. The molecule has 104 valence electrons. The lowest BCUT2D eigenvalue weighted by atomic mass is 10.3. The van der Waals surface area contributed by atoms with Crippen LogP contribution in [0.15, 0.2) is 47.1 Å². The average Bonchev–Trinajstić information content (AvgIpc) is 3.15. The summed E-state index contributed by atoms with van der Waals surface area (Å²) in [5, 5.41) is 2.78. The van der Waals surface area contributed by atoms with Gasteiger partial charge in [-0.15, -0.1) is 0 Å². The maximum atomic E-state index is 12.8. The minimum Gasteiger partial charge on any atom is -0.467 e. The number of benzene rings is 1. The number of urea groups is 1. The summed E-state index contributed by atoms with van der Waals surface area (Å²) < 4.78 is 18.1. The number of rotatable bonds is 4. The van der Waals surface area contributed by atoms with Crippen LogP contribution in [0.2, 0.25) is 0 Å². The lowest BCUT2D eigenvalue weighted by Gasteiger charge is -2.21. The van der Waals surface area contributed by atoms with Gasteiger partial charge in [-0.3, -0.25) is 0 Å². The van der Waals surface area contributed by atoms with Crippen LogP contribution in [0.5, 0.6) is 0 Å². The Bertz CT molecular complexity index is 576. The Morgan fingerprint density at radius 3 is 2.65 bits per heavy atom. The van der Waals surface area contributed by atoms with E-state index in [2.05, 4.69) is 5.32 Å². The number of nitrogens with zero attached hydrogens (tertiary/aromatic N) is 1. The molecule has 1 aliphatic rings. The highest BCUT2D eigenvalue weighted by Gasteiger charge is 2.33. The first kappa shape index (κ1) is 12.7. The molecule has 0 saturated heterocycles. The summed E-state index contributed by atoms with van der Waals surface area (Å²) in [6.45, 7) is 0.449. The van der Waals surface area contributed by atoms with E-state index in [1.54, 1.807) is 29.4 Å². The van der Waals surface area contributed by atoms with Crippen molar-refractivity contribution in [2.24, 2.45) is 0 Å². The van der Waals surface area contributed by atoms with E-state index in [0.29, 0.717) is 12.2 Å². The summed E-state index contributed by atoms with van der Waals surface area (Å²) in [6, 6.07) is 9.47. The maximum absolute atomic E-state index is 12.8. The Morgan fingerprint density at radius 2 is 2.05 bits per heavy atom. The molecule has 0 unspecified atom stereocenters. The average molecular weight is 274 g/mol. The van der Waals surface area contributed by atoms with Crippen LogP contribution in [0, 0.1) is 5.82 Å². The normalized spacial score (nSPS) is 14.1. The number of anilines is 1. The highest BCUT2D eigenvalue weighted by Crippen LogP contribution is 2.29. The van der Waals surface area contributed by atoms with Gasteiger partial charge in [0.25, 0.3) is 0 Å². The van der Waals surface area contributed by atoms with Crippen molar-refractivity contribution in [1.29, 1.82) is 0 Å². The van der Waals surface area contributed by atoms with E-state index in [1.807, 2.05) is 6.07 Å². The zero-order valence-electron chi connectivity index (χ0n) is 10.9. The van der Waals surface area contributed by atoms with Gasteiger partial charge in [0.15, 0.2) is 0 Å². The van der Waals surface area contributed by atoms with Gasteiger partial charge in [-0.1, -0.05) is 0 Å². The molecule has 2 amide bonds. The van der Waals surface area contributed by atoms with Crippen LogP contribution in [0.3, 0.4) is 0 Å². The zero-order chi connectivity index (χ0) is 13.9. The summed E-state index contributed by atoms with van der Waals surface area (Å²) in [5.41, 5.74) is 0.585. The molecule has 1 heterocycles. The van der Waals surface area contributed by atoms with E-state index < -0.39 is 0 Å². The zero-order valence-corrected chi connectivity index (χ0v) is 10.9. The molecule has 2 aromatic rings. The molecule has 1 fully saturated rings. The van der Waals surface area contributed by atoms with Gasteiger partial charge in [0.2, 0.25) is 0 Å². The monoisotopic (exact) mass is 274 g/mol. The third kappa shape index (κ3) is 2.99. The standard InChI is InChI=1S/C15H15FN2O2/c16-11-3-5-12(6-4-11)17-15(19)18(13-7-8-13)10-14-2-1-9-20-14/h1-6,9,13H,7-8,10H2,(H,17,19). The van der Waals surface area contributed by atoms with E-state index in [9.17, 15) is 9.18 Å². The Morgan fingerprint density at radius 1 is 1.30 bits per heavy atom. The van der Waals surface area contributed by atoms with Crippen LogP contribution in [-0.4, -0.2) is 17.0 Å². The smallest absolute Gasteiger partial charge is 0.322 e. The topological polar surface area (TPSA) is 45.5 Å². The molecule has 5 heteroatoms. The number of halogens is 1. The van der Waals surface area contributed by atoms with Crippen molar-refractivity contribution in [1.82, 2.24) is 4.90 Å². The van der Waals surface area contributed by atoms with Gasteiger partial charge in [-0.05, 0) is 49.2 Å². The van der Waals surface area contributed by atoms with Crippen molar-refractivity contribution >= 4 is 11.7 Å². The molecule has 0 atom stereocenters. The van der Waals surface area contributed by atoms with Crippen LogP contribution in [0.1, 0.15) is 18.6 Å². The fraction of sp³-hybridized carbons (Fsp3) is 0.267. The maximum Gasteiger partial charge on any atom is 0.322 e. The molecule has 4 nitrogen and oxygen atoms in total. The third-order valence-corrected chi connectivity index (χ3v) is 3.25. The van der Waals surface area contributed by atoms with Crippen LogP contribution >= 0.6 is 0 Å². The van der Waals surface area contributed by atoms with Gasteiger partial charge in [0, 0.05) is 11.7 Å². The van der Waals surface area contributed by atoms with Crippen molar-refractivity contribution in [2.45, 2.75) is 25.4 Å². The van der Waals surface area contributed by atoms with Crippen molar-refractivity contribution < 1.29 is 13.6 Å². The van der Waals surface area contributed by atoms with Crippen LogP contribution < -0.4 is 5.32 Å². The third-order valence-electron chi connectivity index (χ3n) is 3.25. The molecule has 1 saturated carbocycles. The predicted molar refractivity (Wildman–Crippen MR) is 72.7 cm³/mol. The second-order valence-electron chi connectivity index (χ2n) is 4.88. The first-order chi connectivity index (χ1) is 9.72. The van der Waals surface area contributed by atoms with Gasteiger partial charge in [-0.2, -0.15) is 0 Å². The summed E-state index contributed by atoms with van der Waals surface area (Å²) in [6.07, 6.45) is 3.62. The van der Waals surface area contributed by atoms with Gasteiger partial charge in [0.1, 0.15) is 11.6 Å². The van der Waals surface area contributed by atoms with Gasteiger partial charge >= 0.3 is 6.03 Å². The van der Waals surface area contributed by atoms with Gasteiger partial charge < -0.3 is 14.6 Å². The van der Waals surface area contributed by atoms with Crippen molar-refractivity contribution in [3.63, 3.8) is 0 Å². The van der Waals surface area contributed by atoms with E-state index in [1.165, 1.54) is 12.1 Å². The highest BCUT2D eigenvalue weighted by atomic mass is 19.1. The number of furan rings is 1. The Hall–Kier alpha value is -2.30. The minimum absolute atomic E-state index is 0.185. The number of hydrogen-bond acceptors (Lipinski definition) is 2. The second-order valence-corrected chi connectivity index (χ2v) is 4.88. The number of carbonyl (C=O) groups excluding carboxylic acids is 1. The predicted octanol–water partition coefficient (Wildman–Crippen LogP) is 3.62. The molecule has 1 aromatic heterocycles. The SMILES string of the molecule is O=C(Nc1ccc(F)cc1)N(Cc1ccco1)C1CC1. The first-order valence-electron chi connectivity index (χ1n) is 6.58. The van der Waals surface area contributed by atoms with Crippen LogP contribution in [0.4, 0.5) is 14.9 Å². The van der Waals surface area contributed by atoms with Gasteiger partial charge in [-0.25, -0.2) is 9.18 Å². The van der Waals surface area contributed by atoms with Crippen LogP contribution in [0.25, 0.3) is 0 Å². The first-order valence-corrected chi connectivity index (χ1v) is 6.58. The van der Waals surface area contributed by atoms with E-state index in [4.69, 9.17) is 4.42 Å². The second kappa shape index (κ2) is 5.36. The Labute approximate surface area is 116 Å². The van der Waals surface area contributed by atoms with E-state index in [-0.39, 0.29) is 17.9 Å². The minimum atomic E-state index is -0.322. The largest absolute Gasteiger partial charge is 0.467 e. The number of carbonyl (C=O) groups is 1. The van der Waals surface area contributed by atoms with E-state index in [0.717, 1.165) is 18.6 Å². The summed E-state index contributed by atoms with van der Waals surface area (Å²) in [5.74, 6) is 0.434. The molecule has 20 heavy (non-hydrogen) atoms.